The average molecular weight is 432 g/mol. The number of halogens is 4. The van der Waals surface area contributed by atoms with E-state index in [0.717, 1.165) is 0 Å². The quantitative estimate of drug-likeness (QED) is 0.535. The van der Waals surface area contributed by atoms with Gasteiger partial charge in [0.1, 0.15) is 5.76 Å². The van der Waals surface area contributed by atoms with E-state index in [4.69, 9.17) is 16.0 Å². The van der Waals surface area contributed by atoms with Crippen molar-refractivity contribution in [2.75, 3.05) is 32.7 Å². The molecule has 1 saturated heterocycles. The van der Waals surface area contributed by atoms with Gasteiger partial charge in [0.05, 0.1) is 16.5 Å². The minimum atomic E-state index is -4.28. The highest BCUT2D eigenvalue weighted by atomic mass is 35.5. The lowest BCUT2D eigenvalue weighted by atomic mass is 10.1. The summed E-state index contributed by atoms with van der Waals surface area (Å²) in [5, 5.41) is 10.9. The van der Waals surface area contributed by atoms with E-state index in [2.05, 4.69) is 0 Å². The number of nitro benzene ring substituents is 1. The van der Waals surface area contributed by atoms with Crippen LogP contribution in [0.2, 0.25) is 5.02 Å². The van der Waals surface area contributed by atoms with E-state index in [1.54, 1.807) is 0 Å². The minimum absolute atomic E-state index is 0.0266. The Labute approximate surface area is 168 Å². The van der Waals surface area contributed by atoms with E-state index < -0.39 is 23.6 Å². The highest BCUT2D eigenvalue weighted by Crippen LogP contribution is 2.32. The molecular formula is C18H17ClF3N3O4. The van der Waals surface area contributed by atoms with Crippen LogP contribution in [0.4, 0.5) is 18.9 Å². The van der Waals surface area contributed by atoms with Crippen molar-refractivity contribution in [1.29, 1.82) is 0 Å². The topological polar surface area (TPSA) is 79.8 Å². The summed E-state index contributed by atoms with van der Waals surface area (Å²) >= 11 is 6.08. The first-order valence-electron chi connectivity index (χ1n) is 8.76. The van der Waals surface area contributed by atoms with Crippen LogP contribution < -0.4 is 0 Å². The Balaban J connectivity index is 1.70. The number of rotatable bonds is 4. The molecule has 11 heteroatoms. The van der Waals surface area contributed by atoms with Gasteiger partial charge in [-0.2, -0.15) is 13.2 Å². The van der Waals surface area contributed by atoms with Crippen LogP contribution in [0.15, 0.2) is 34.7 Å². The Morgan fingerprint density at radius 2 is 1.93 bits per heavy atom. The van der Waals surface area contributed by atoms with Gasteiger partial charge >= 0.3 is 6.18 Å². The first-order valence-corrected chi connectivity index (χ1v) is 9.14. The Hall–Kier alpha value is -2.59. The molecule has 156 valence electrons. The lowest BCUT2D eigenvalue weighted by Gasteiger charge is -2.22. The molecular weight excluding hydrogens is 415 g/mol. The average Bonchev–Trinajstić information content (AvgIpc) is 3.01. The summed E-state index contributed by atoms with van der Waals surface area (Å²) in [5.41, 5.74) is 0.220. The standard InChI is InChI=1S/C18H17ClF3N3O4/c19-14-10-12(25(27)28)2-3-13(14)15-4-5-16(29-15)17(26)24-7-1-6-23(8-9-24)11-18(20,21)22/h2-5,10H,1,6-9,11H2. The third-order valence-electron chi connectivity index (χ3n) is 4.52. The second kappa shape index (κ2) is 8.42. The van der Waals surface area contributed by atoms with Gasteiger partial charge in [0, 0.05) is 43.9 Å². The van der Waals surface area contributed by atoms with E-state index in [9.17, 15) is 28.1 Å². The first kappa shape index (κ1) is 21.1. The molecule has 0 aliphatic carbocycles. The van der Waals surface area contributed by atoms with Crippen molar-refractivity contribution >= 4 is 23.2 Å². The lowest BCUT2D eigenvalue weighted by molar-refractivity contribution is -0.384. The third-order valence-corrected chi connectivity index (χ3v) is 4.84. The van der Waals surface area contributed by atoms with Crippen LogP contribution in [0.25, 0.3) is 11.3 Å². The summed E-state index contributed by atoms with van der Waals surface area (Å²) in [5.74, 6) is -0.136. The summed E-state index contributed by atoms with van der Waals surface area (Å²) in [6, 6.07) is 6.86. The molecule has 0 saturated carbocycles. The van der Waals surface area contributed by atoms with Gasteiger partial charge in [0.2, 0.25) is 0 Å². The molecule has 7 nitrogen and oxygen atoms in total. The summed E-state index contributed by atoms with van der Waals surface area (Å²) in [6.45, 7) is -0.151. The number of nitrogens with zero attached hydrogens (tertiary/aromatic N) is 3. The van der Waals surface area contributed by atoms with Gasteiger partial charge in [0.15, 0.2) is 5.76 Å². The third kappa shape index (κ3) is 5.27. The summed E-state index contributed by atoms with van der Waals surface area (Å²) < 4.78 is 43.3. The molecule has 1 aromatic heterocycles. The zero-order valence-electron chi connectivity index (χ0n) is 15.1. The van der Waals surface area contributed by atoms with Crippen molar-refractivity contribution in [1.82, 2.24) is 9.80 Å². The molecule has 0 atom stereocenters. The molecule has 3 rings (SSSR count). The highest BCUT2D eigenvalue weighted by molar-refractivity contribution is 6.33. The van der Waals surface area contributed by atoms with Crippen molar-refractivity contribution in [3.63, 3.8) is 0 Å². The SMILES string of the molecule is O=C(c1ccc(-c2ccc([N+](=O)[O-])cc2Cl)o1)N1CCCN(CC(F)(F)F)CC1. The molecule has 0 unspecified atom stereocenters. The van der Waals surface area contributed by atoms with Crippen LogP contribution in [-0.4, -0.2) is 59.5 Å². The Bertz CT molecular complexity index is 916. The second-order valence-electron chi connectivity index (χ2n) is 6.62. The van der Waals surface area contributed by atoms with Crippen LogP contribution in [0.1, 0.15) is 17.0 Å². The molecule has 1 aromatic carbocycles. The molecule has 0 N–H and O–H groups in total. The minimum Gasteiger partial charge on any atom is -0.451 e. The van der Waals surface area contributed by atoms with Gasteiger partial charge in [-0.25, -0.2) is 0 Å². The zero-order valence-corrected chi connectivity index (χ0v) is 15.9. The fourth-order valence-corrected chi connectivity index (χ4v) is 3.42. The zero-order chi connectivity index (χ0) is 21.2. The van der Waals surface area contributed by atoms with Gasteiger partial charge in [0.25, 0.3) is 11.6 Å². The van der Waals surface area contributed by atoms with Crippen LogP contribution in [0.3, 0.4) is 0 Å². The van der Waals surface area contributed by atoms with E-state index >= 15 is 0 Å². The molecule has 1 fully saturated rings. The molecule has 1 aliphatic rings. The fourth-order valence-electron chi connectivity index (χ4n) is 3.16. The summed E-state index contributed by atoms with van der Waals surface area (Å²) in [7, 11) is 0. The van der Waals surface area contributed by atoms with Crippen molar-refractivity contribution in [3.05, 3.63) is 51.2 Å². The van der Waals surface area contributed by atoms with E-state index in [0.29, 0.717) is 18.5 Å². The summed E-state index contributed by atoms with van der Waals surface area (Å²) in [4.78, 5) is 25.6. The van der Waals surface area contributed by atoms with E-state index in [-0.39, 0.29) is 41.9 Å². The Morgan fingerprint density at radius 3 is 2.59 bits per heavy atom. The number of alkyl halides is 3. The van der Waals surface area contributed by atoms with E-state index in [1.807, 2.05) is 0 Å². The molecule has 0 spiro atoms. The number of hydrogen-bond acceptors (Lipinski definition) is 5. The number of benzene rings is 1. The van der Waals surface area contributed by atoms with E-state index in [1.165, 1.54) is 40.1 Å². The number of non-ortho nitro benzene ring substituents is 1. The van der Waals surface area contributed by atoms with Crippen molar-refractivity contribution in [2.45, 2.75) is 12.6 Å². The van der Waals surface area contributed by atoms with Crippen molar-refractivity contribution in [3.8, 4) is 11.3 Å². The van der Waals surface area contributed by atoms with Gasteiger partial charge in [-0.05, 0) is 24.6 Å². The maximum Gasteiger partial charge on any atom is 0.401 e. The first-order chi connectivity index (χ1) is 13.6. The Morgan fingerprint density at radius 1 is 1.17 bits per heavy atom. The fraction of sp³-hybridized carbons (Fsp3) is 0.389. The smallest absolute Gasteiger partial charge is 0.401 e. The Kier molecular flexibility index (Phi) is 6.13. The van der Waals surface area contributed by atoms with Crippen LogP contribution in [0, 0.1) is 10.1 Å². The van der Waals surface area contributed by atoms with Crippen LogP contribution in [-0.2, 0) is 0 Å². The number of amides is 1. The molecule has 29 heavy (non-hydrogen) atoms. The number of hydrogen-bond donors (Lipinski definition) is 0. The maximum absolute atomic E-state index is 12.7. The van der Waals surface area contributed by atoms with Crippen LogP contribution >= 0.6 is 11.6 Å². The normalized spacial score (nSPS) is 15.9. The number of carbonyl (C=O) groups excluding carboxylic acids is 1. The lowest BCUT2D eigenvalue weighted by Crippen LogP contribution is -2.38. The maximum atomic E-state index is 12.7. The van der Waals surface area contributed by atoms with Crippen molar-refractivity contribution < 1.29 is 27.3 Å². The molecule has 0 radical (unpaired) electrons. The monoisotopic (exact) mass is 431 g/mol. The molecule has 0 bridgehead atoms. The van der Waals surface area contributed by atoms with Crippen molar-refractivity contribution in [2.24, 2.45) is 0 Å². The molecule has 1 aliphatic heterocycles. The molecule has 2 heterocycles. The second-order valence-corrected chi connectivity index (χ2v) is 7.03. The van der Waals surface area contributed by atoms with Gasteiger partial charge in [-0.15, -0.1) is 0 Å². The van der Waals surface area contributed by atoms with Crippen LogP contribution in [0.5, 0.6) is 0 Å². The van der Waals surface area contributed by atoms with Gasteiger partial charge in [-0.1, -0.05) is 11.6 Å². The molecule has 2 aromatic rings. The van der Waals surface area contributed by atoms with Gasteiger partial charge < -0.3 is 9.32 Å². The largest absolute Gasteiger partial charge is 0.451 e. The molecule has 1 amide bonds. The number of furan rings is 1. The number of carbonyl (C=O) groups is 1. The highest BCUT2D eigenvalue weighted by Gasteiger charge is 2.32. The predicted octanol–water partition coefficient (Wildman–Crippen LogP) is 4.22. The van der Waals surface area contributed by atoms with Gasteiger partial charge in [-0.3, -0.25) is 19.8 Å². The predicted molar refractivity (Wildman–Crippen MR) is 98.8 cm³/mol. The summed E-state index contributed by atoms with van der Waals surface area (Å²) in [6.07, 6.45) is -3.86. The number of nitro groups is 1.